The maximum absolute atomic E-state index is 12.5. The standard InChI is InChI=1S/C17H18ClNO5S/c1-2-24-14-7-3-12(4-8-14)16(11-17(20)21)19-25(22,23)15-9-5-13(18)6-10-15/h3-10,16,19H,2,11H2,1H3,(H,20,21)/p-1/t16-/m1/s1. The number of carboxylic acids is 1. The van der Waals surface area contributed by atoms with Crippen molar-refractivity contribution in [2.24, 2.45) is 0 Å². The Bertz CT molecular complexity index is 819. The Hall–Kier alpha value is -2.09. The van der Waals surface area contributed by atoms with Gasteiger partial charge in [-0.1, -0.05) is 23.7 Å². The maximum atomic E-state index is 12.5. The van der Waals surface area contributed by atoms with Crippen molar-refractivity contribution < 1.29 is 23.1 Å². The fourth-order valence-corrected chi connectivity index (χ4v) is 3.58. The van der Waals surface area contributed by atoms with E-state index in [4.69, 9.17) is 16.3 Å². The summed E-state index contributed by atoms with van der Waals surface area (Å²) < 4.78 is 32.7. The fourth-order valence-electron chi connectivity index (χ4n) is 2.23. The Morgan fingerprint density at radius 1 is 1.16 bits per heavy atom. The molecule has 0 bridgehead atoms. The van der Waals surface area contributed by atoms with Crippen molar-refractivity contribution in [1.82, 2.24) is 4.72 Å². The van der Waals surface area contributed by atoms with Crippen LogP contribution in [0, 0.1) is 0 Å². The predicted octanol–water partition coefficient (Wildman–Crippen LogP) is 1.90. The summed E-state index contributed by atoms with van der Waals surface area (Å²) in [6, 6.07) is 11.1. The van der Waals surface area contributed by atoms with Crippen molar-refractivity contribution in [2.45, 2.75) is 24.3 Å². The molecule has 0 aliphatic heterocycles. The van der Waals surface area contributed by atoms with Crippen LogP contribution in [0.5, 0.6) is 5.75 Å². The molecule has 0 unspecified atom stereocenters. The van der Waals surface area contributed by atoms with Gasteiger partial charge in [0.05, 0.1) is 17.5 Å². The third-order valence-electron chi connectivity index (χ3n) is 3.39. The first kappa shape index (κ1) is 19.2. The van der Waals surface area contributed by atoms with Gasteiger partial charge in [-0.3, -0.25) is 0 Å². The van der Waals surface area contributed by atoms with Crippen LogP contribution in [0.3, 0.4) is 0 Å². The van der Waals surface area contributed by atoms with Gasteiger partial charge in [-0.25, -0.2) is 13.1 Å². The number of hydrogen-bond acceptors (Lipinski definition) is 5. The number of rotatable bonds is 8. The summed E-state index contributed by atoms with van der Waals surface area (Å²) in [5, 5.41) is 11.4. The summed E-state index contributed by atoms with van der Waals surface area (Å²) >= 11 is 5.76. The number of carbonyl (C=O) groups excluding carboxylic acids is 1. The summed E-state index contributed by atoms with van der Waals surface area (Å²) in [5.74, 6) is -0.753. The van der Waals surface area contributed by atoms with Crippen molar-refractivity contribution in [3.63, 3.8) is 0 Å². The largest absolute Gasteiger partial charge is 0.550 e. The molecule has 0 aliphatic carbocycles. The molecular weight excluding hydrogens is 366 g/mol. The third kappa shape index (κ3) is 5.45. The molecule has 0 aromatic heterocycles. The first-order valence-electron chi connectivity index (χ1n) is 7.52. The fraction of sp³-hybridized carbons (Fsp3) is 0.235. The van der Waals surface area contributed by atoms with Crippen molar-refractivity contribution in [2.75, 3.05) is 6.61 Å². The van der Waals surface area contributed by atoms with E-state index in [9.17, 15) is 18.3 Å². The maximum Gasteiger partial charge on any atom is 0.241 e. The molecule has 0 saturated heterocycles. The zero-order valence-electron chi connectivity index (χ0n) is 13.4. The van der Waals surface area contributed by atoms with Crippen LogP contribution in [0.2, 0.25) is 5.02 Å². The van der Waals surface area contributed by atoms with E-state index in [1.807, 2.05) is 6.92 Å². The molecule has 0 amide bonds. The number of benzene rings is 2. The summed E-state index contributed by atoms with van der Waals surface area (Å²) in [7, 11) is -3.92. The van der Waals surface area contributed by atoms with Gasteiger partial charge in [0.2, 0.25) is 10.0 Å². The van der Waals surface area contributed by atoms with Crippen LogP contribution in [-0.4, -0.2) is 21.0 Å². The number of hydrogen-bond donors (Lipinski definition) is 1. The average Bonchev–Trinajstić information content (AvgIpc) is 2.55. The molecule has 6 nitrogen and oxygen atoms in total. The quantitative estimate of drug-likeness (QED) is 0.752. The van der Waals surface area contributed by atoms with Gasteiger partial charge in [-0.05, 0) is 48.9 Å². The Labute approximate surface area is 151 Å². The highest BCUT2D eigenvalue weighted by atomic mass is 35.5. The molecule has 2 rings (SSSR count). The molecular formula is C17H17ClNO5S-. The monoisotopic (exact) mass is 382 g/mol. The summed E-state index contributed by atoms with van der Waals surface area (Å²) in [6.45, 7) is 2.33. The lowest BCUT2D eigenvalue weighted by molar-refractivity contribution is -0.306. The number of carbonyl (C=O) groups is 1. The zero-order valence-corrected chi connectivity index (χ0v) is 15.0. The van der Waals surface area contributed by atoms with Crippen LogP contribution in [0.4, 0.5) is 0 Å². The highest BCUT2D eigenvalue weighted by molar-refractivity contribution is 7.89. The lowest BCUT2D eigenvalue weighted by Crippen LogP contribution is -2.34. The molecule has 0 radical (unpaired) electrons. The molecule has 1 N–H and O–H groups in total. The molecule has 2 aromatic rings. The van der Waals surface area contributed by atoms with Crippen molar-refractivity contribution in [3.8, 4) is 5.75 Å². The summed E-state index contributed by atoms with van der Waals surface area (Å²) in [6.07, 6.45) is -0.499. The molecule has 0 spiro atoms. The van der Waals surface area contributed by atoms with Gasteiger partial charge >= 0.3 is 0 Å². The van der Waals surface area contributed by atoms with E-state index in [2.05, 4.69) is 4.72 Å². The molecule has 8 heteroatoms. The minimum absolute atomic E-state index is 0.00816. The van der Waals surface area contributed by atoms with Gasteiger partial charge in [-0.2, -0.15) is 0 Å². The molecule has 0 saturated carbocycles. The smallest absolute Gasteiger partial charge is 0.241 e. The Kier molecular flexibility index (Phi) is 6.41. The highest BCUT2D eigenvalue weighted by Crippen LogP contribution is 2.23. The molecule has 1 atom stereocenters. The number of ether oxygens (including phenoxy) is 1. The van der Waals surface area contributed by atoms with Gasteiger partial charge in [-0.15, -0.1) is 0 Å². The van der Waals surface area contributed by atoms with Crippen molar-refractivity contribution in [3.05, 3.63) is 59.1 Å². The Morgan fingerprint density at radius 2 is 1.76 bits per heavy atom. The summed E-state index contributed by atoms with van der Waals surface area (Å²) in [4.78, 5) is 11.0. The Balaban J connectivity index is 2.27. The van der Waals surface area contributed by atoms with Crippen LogP contribution in [0.1, 0.15) is 24.9 Å². The first-order valence-corrected chi connectivity index (χ1v) is 9.38. The van der Waals surface area contributed by atoms with Crippen LogP contribution >= 0.6 is 11.6 Å². The highest BCUT2D eigenvalue weighted by Gasteiger charge is 2.21. The van der Waals surface area contributed by atoms with E-state index in [1.54, 1.807) is 24.3 Å². The molecule has 134 valence electrons. The number of nitrogens with one attached hydrogen (secondary N) is 1. The van der Waals surface area contributed by atoms with Crippen LogP contribution in [0.15, 0.2) is 53.4 Å². The van der Waals surface area contributed by atoms with E-state index in [0.29, 0.717) is 22.9 Å². The van der Waals surface area contributed by atoms with E-state index >= 15 is 0 Å². The van der Waals surface area contributed by atoms with E-state index in [-0.39, 0.29) is 4.90 Å². The van der Waals surface area contributed by atoms with Gasteiger partial charge in [0.25, 0.3) is 0 Å². The van der Waals surface area contributed by atoms with Crippen LogP contribution in [0.25, 0.3) is 0 Å². The predicted molar refractivity (Wildman–Crippen MR) is 91.7 cm³/mol. The van der Waals surface area contributed by atoms with E-state index in [0.717, 1.165) is 0 Å². The Morgan fingerprint density at radius 3 is 2.28 bits per heavy atom. The lowest BCUT2D eigenvalue weighted by atomic mass is 10.0. The van der Waals surface area contributed by atoms with Gasteiger partial charge in [0.1, 0.15) is 5.75 Å². The molecule has 0 aliphatic rings. The first-order chi connectivity index (χ1) is 11.8. The SMILES string of the molecule is CCOc1ccc([C@@H](CC(=O)[O-])NS(=O)(=O)c2ccc(Cl)cc2)cc1. The van der Waals surface area contributed by atoms with Crippen molar-refractivity contribution in [1.29, 1.82) is 0 Å². The second-order valence-electron chi connectivity index (χ2n) is 5.21. The zero-order chi connectivity index (χ0) is 18.4. The van der Waals surface area contributed by atoms with Gasteiger partial charge < -0.3 is 14.6 Å². The molecule has 25 heavy (non-hydrogen) atoms. The van der Waals surface area contributed by atoms with Gasteiger partial charge in [0, 0.05) is 17.4 Å². The van der Waals surface area contributed by atoms with E-state index < -0.39 is 28.5 Å². The molecule has 2 aromatic carbocycles. The second-order valence-corrected chi connectivity index (χ2v) is 7.36. The lowest BCUT2D eigenvalue weighted by Gasteiger charge is -2.20. The van der Waals surface area contributed by atoms with Gasteiger partial charge in [0.15, 0.2) is 0 Å². The summed E-state index contributed by atoms with van der Waals surface area (Å²) in [5.41, 5.74) is 0.491. The minimum Gasteiger partial charge on any atom is -0.550 e. The normalized spacial score (nSPS) is 12.6. The van der Waals surface area contributed by atoms with E-state index in [1.165, 1.54) is 24.3 Å². The van der Waals surface area contributed by atoms with Crippen molar-refractivity contribution >= 4 is 27.6 Å². The number of carboxylic acid groups (broad SMARTS) is 1. The third-order valence-corrected chi connectivity index (χ3v) is 5.13. The molecule has 0 heterocycles. The minimum atomic E-state index is -3.92. The number of halogens is 1. The van der Waals surface area contributed by atoms with Crippen LogP contribution < -0.4 is 14.6 Å². The average molecular weight is 383 g/mol. The molecule has 0 fully saturated rings. The second kappa shape index (κ2) is 8.33. The number of sulfonamides is 1. The van der Waals surface area contributed by atoms with Crippen LogP contribution in [-0.2, 0) is 14.8 Å². The topological polar surface area (TPSA) is 95.5 Å². The number of aliphatic carboxylic acids is 1.